The molecule has 1 atom stereocenters. The Bertz CT molecular complexity index is 652. The van der Waals surface area contributed by atoms with Crippen LogP contribution >= 0.6 is 0 Å². The number of aryl methyl sites for hydroxylation is 1. The van der Waals surface area contributed by atoms with Crippen molar-refractivity contribution < 1.29 is 13.9 Å². The minimum atomic E-state index is -0.328. The summed E-state index contributed by atoms with van der Waals surface area (Å²) in [7, 11) is 1.60. The number of methoxy groups -OCH3 is 1. The molecule has 0 aliphatic carbocycles. The van der Waals surface area contributed by atoms with Gasteiger partial charge in [-0.2, -0.15) is 5.10 Å². The van der Waals surface area contributed by atoms with Crippen molar-refractivity contribution in [1.29, 1.82) is 0 Å². The van der Waals surface area contributed by atoms with Gasteiger partial charge in [0.15, 0.2) is 0 Å². The summed E-state index contributed by atoms with van der Waals surface area (Å²) in [5, 5.41) is 7.19. The summed E-state index contributed by atoms with van der Waals surface area (Å²) < 4.78 is 12.7. The number of carbonyl (C=O) groups is 1. The zero-order valence-corrected chi connectivity index (χ0v) is 14.4. The van der Waals surface area contributed by atoms with E-state index in [2.05, 4.69) is 10.4 Å². The number of hydrogen-bond acceptors (Lipinski definition) is 4. The van der Waals surface area contributed by atoms with Crippen LogP contribution in [0.4, 0.5) is 0 Å². The summed E-state index contributed by atoms with van der Waals surface area (Å²) >= 11 is 0. The fraction of sp³-hybridized carbons (Fsp3) is 0.529. The van der Waals surface area contributed by atoms with Crippen LogP contribution in [0.2, 0.25) is 0 Å². The lowest BCUT2D eigenvalue weighted by molar-refractivity contribution is 0.0882. The van der Waals surface area contributed by atoms with Gasteiger partial charge in [-0.05, 0) is 32.9 Å². The van der Waals surface area contributed by atoms with Gasteiger partial charge in [0, 0.05) is 19.7 Å². The average molecular weight is 319 g/mol. The van der Waals surface area contributed by atoms with Gasteiger partial charge in [0.1, 0.15) is 17.6 Å². The van der Waals surface area contributed by atoms with E-state index in [0.29, 0.717) is 17.9 Å². The van der Waals surface area contributed by atoms with Crippen molar-refractivity contribution in [2.24, 2.45) is 0 Å². The number of nitrogens with one attached hydrogen (secondary N) is 1. The molecular weight excluding hydrogens is 294 g/mol. The molecule has 0 fully saturated rings. The second-order valence-corrected chi connectivity index (χ2v) is 6.48. The first kappa shape index (κ1) is 17.3. The van der Waals surface area contributed by atoms with E-state index in [0.717, 1.165) is 12.2 Å². The maximum Gasteiger partial charge on any atom is 0.255 e. The van der Waals surface area contributed by atoms with E-state index < -0.39 is 0 Å². The Kier molecular flexibility index (Phi) is 5.26. The van der Waals surface area contributed by atoms with E-state index in [1.165, 1.54) is 0 Å². The molecule has 0 bridgehead atoms. The summed E-state index contributed by atoms with van der Waals surface area (Å²) in [6.45, 7) is 8.46. The topological polar surface area (TPSA) is 69.3 Å². The van der Waals surface area contributed by atoms with Gasteiger partial charge >= 0.3 is 0 Å². The van der Waals surface area contributed by atoms with Crippen molar-refractivity contribution in [3.63, 3.8) is 0 Å². The fourth-order valence-electron chi connectivity index (χ4n) is 2.18. The smallest absolute Gasteiger partial charge is 0.255 e. The quantitative estimate of drug-likeness (QED) is 0.889. The minimum Gasteiger partial charge on any atom is -0.464 e. The van der Waals surface area contributed by atoms with Crippen LogP contribution in [0.1, 0.15) is 55.6 Å². The highest BCUT2D eigenvalue weighted by atomic mass is 16.5. The Morgan fingerprint density at radius 1 is 1.43 bits per heavy atom. The van der Waals surface area contributed by atoms with Gasteiger partial charge in [0.2, 0.25) is 0 Å². The van der Waals surface area contributed by atoms with Crippen molar-refractivity contribution in [2.45, 2.75) is 45.7 Å². The SMILES string of the molecule is CCc1ccc([C@H](COC)NC(=O)c2cnn(C(C)(C)C)c2)o1. The summed E-state index contributed by atoms with van der Waals surface area (Å²) in [6, 6.07) is 3.47. The molecule has 23 heavy (non-hydrogen) atoms. The van der Waals surface area contributed by atoms with Gasteiger partial charge < -0.3 is 14.5 Å². The molecule has 6 heteroatoms. The Hall–Kier alpha value is -2.08. The molecule has 0 saturated heterocycles. The first-order chi connectivity index (χ1) is 10.8. The molecule has 1 amide bonds. The lowest BCUT2D eigenvalue weighted by Crippen LogP contribution is -2.31. The lowest BCUT2D eigenvalue weighted by Gasteiger charge is -2.18. The van der Waals surface area contributed by atoms with Gasteiger partial charge in [-0.3, -0.25) is 9.48 Å². The van der Waals surface area contributed by atoms with E-state index in [-0.39, 0.29) is 17.5 Å². The van der Waals surface area contributed by atoms with Crippen LogP contribution in [0.25, 0.3) is 0 Å². The molecule has 0 radical (unpaired) electrons. The van der Waals surface area contributed by atoms with Gasteiger partial charge in [0.05, 0.1) is 23.9 Å². The Morgan fingerprint density at radius 3 is 2.70 bits per heavy atom. The second-order valence-electron chi connectivity index (χ2n) is 6.48. The van der Waals surface area contributed by atoms with Gasteiger partial charge in [-0.1, -0.05) is 6.92 Å². The number of ether oxygens (including phenoxy) is 1. The van der Waals surface area contributed by atoms with E-state index in [9.17, 15) is 4.79 Å². The first-order valence-electron chi connectivity index (χ1n) is 7.78. The third kappa shape index (κ3) is 4.22. The number of furan rings is 1. The monoisotopic (exact) mass is 319 g/mol. The van der Waals surface area contributed by atoms with Crippen LogP contribution in [-0.2, 0) is 16.7 Å². The van der Waals surface area contributed by atoms with Gasteiger partial charge in [0.25, 0.3) is 5.91 Å². The number of amides is 1. The summed E-state index contributed by atoms with van der Waals surface area (Å²) in [6.07, 6.45) is 4.13. The largest absolute Gasteiger partial charge is 0.464 e. The minimum absolute atomic E-state index is 0.165. The number of aromatic nitrogens is 2. The fourth-order valence-corrected chi connectivity index (χ4v) is 2.18. The van der Waals surface area contributed by atoms with E-state index in [4.69, 9.17) is 9.15 Å². The third-order valence-electron chi connectivity index (χ3n) is 3.55. The standard InChI is InChI=1S/C17H25N3O3/c1-6-13-7-8-15(23-13)14(11-22-5)19-16(21)12-9-18-20(10-12)17(2,3)4/h7-10,14H,6,11H2,1-5H3,(H,19,21)/t14-/m0/s1. The average Bonchev–Trinajstić information content (AvgIpc) is 3.15. The van der Waals surface area contributed by atoms with Crippen molar-refractivity contribution in [2.75, 3.05) is 13.7 Å². The molecule has 2 aromatic heterocycles. The van der Waals surface area contributed by atoms with Crippen LogP contribution in [0.5, 0.6) is 0 Å². The van der Waals surface area contributed by atoms with Crippen molar-refractivity contribution >= 4 is 5.91 Å². The first-order valence-corrected chi connectivity index (χ1v) is 7.78. The maximum absolute atomic E-state index is 12.5. The zero-order chi connectivity index (χ0) is 17.0. The third-order valence-corrected chi connectivity index (χ3v) is 3.55. The highest BCUT2D eigenvalue weighted by Crippen LogP contribution is 2.19. The molecule has 126 valence electrons. The highest BCUT2D eigenvalue weighted by Gasteiger charge is 2.21. The van der Waals surface area contributed by atoms with Crippen LogP contribution in [0.15, 0.2) is 28.9 Å². The highest BCUT2D eigenvalue weighted by molar-refractivity contribution is 5.93. The van der Waals surface area contributed by atoms with Crippen molar-refractivity contribution in [3.05, 3.63) is 41.6 Å². The predicted molar refractivity (Wildman–Crippen MR) is 87.4 cm³/mol. The lowest BCUT2D eigenvalue weighted by atomic mass is 10.1. The maximum atomic E-state index is 12.5. The number of nitrogens with zero attached hydrogens (tertiary/aromatic N) is 2. The van der Waals surface area contributed by atoms with Crippen LogP contribution in [0, 0.1) is 0 Å². The van der Waals surface area contributed by atoms with E-state index >= 15 is 0 Å². The molecule has 2 heterocycles. The molecule has 6 nitrogen and oxygen atoms in total. The number of rotatable bonds is 6. The predicted octanol–water partition coefficient (Wildman–Crippen LogP) is 2.91. The van der Waals surface area contributed by atoms with Crippen molar-refractivity contribution in [3.8, 4) is 0 Å². The summed E-state index contributed by atoms with van der Waals surface area (Å²) in [5.41, 5.74) is 0.352. The van der Waals surface area contributed by atoms with E-state index in [1.807, 2.05) is 39.8 Å². The molecule has 0 spiro atoms. The Balaban J connectivity index is 2.13. The Labute approximate surface area is 136 Å². The zero-order valence-electron chi connectivity index (χ0n) is 14.4. The van der Waals surface area contributed by atoms with Gasteiger partial charge in [-0.25, -0.2) is 0 Å². The summed E-state index contributed by atoms with van der Waals surface area (Å²) in [5.74, 6) is 1.38. The van der Waals surface area contributed by atoms with Crippen LogP contribution in [0.3, 0.4) is 0 Å². The molecule has 2 aromatic rings. The molecule has 0 unspecified atom stereocenters. The number of carbonyl (C=O) groups excluding carboxylic acids is 1. The summed E-state index contributed by atoms with van der Waals surface area (Å²) in [4.78, 5) is 12.5. The van der Waals surface area contributed by atoms with Gasteiger partial charge in [-0.15, -0.1) is 0 Å². The number of hydrogen-bond donors (Lipinski definition) is 1. The normalized spacial score (nSPS) is 13.1. The second kappa shape index (κ2) is 7.00. The van der Waals surface area contributed by atoms with Crippen LogP contribution in [-0.4, -0.2) is 29.4 Å². The van der Waals surface area contributed by atoms with Crippen LogP contribution < -0.4 is 5.32 Å². The molecule has 1 N–H and O–H groups in total. The van der Waals surface area contributed by atoms with Crippen molar-refractivity contribution in [1.82, 2.24) is 15.1 Å². The molecular formula is C17H25N3O3. The molecule has 0 aliphatic heterocycles. The van der Waals surface area contributed by atoms with E-state index in [1.54, 1.807) is 24.2 Å². The Morgan fingerprint density at radius 2 is 2.17 bits per heavy atom. The molecule has 0 saturated carbocycles. The molecule has 2 rings (SSSR count). The molecule has 0 aliphatic rings. The molecule has 0 aromatic carbocycles.